The Morgan fingerprint density at radius 2 is 1.87 bits per heavy atom. The quantitative estimate of drug-likeness (QED) is 0.824. The van der Waals surface area contributed by atoms with Crippen molar-refractivity contribution in [3.8, 4) is 0 Å². The van der Waals surface area contributed by atoms with E-state index in [2.05, 4.69) is 60.2 Å². The zero-order valence-corrected chi connectivity index (χ0v) is 11.2. The topological polar surface area (TPSA) is 12.0 Å². The van der Waals surface area contributed by atoms with Crippen LogP contribution in [0.15, 0.2) is 22.7 Å². The van der Waals surface area contributed by atoms with Crippen molar-refractivity contribution in [2.24, 2.45) is 0 Å². The molecule has 2 rings (SSSR count). The first-order chi connectivity index (χ1) is 6.94. The number of fused-ring (bicyclic) bond motifs is 1. The highest BCUT2D eigenvalue weighted by Crippen LogP contribution is 2.26. The molecule has 82 valence electrons. The highest BCUT2D eigenvalue weighted by Gasteiger charge is 2.24. The fourth-order valence-corrected chi connectivity index (χ4v) is 2.71. The number of nitrogens with one attached hydrogen (secondary N) is 1. The van der Waals surface area contributed by atoms with Gasteiger partial charge in [0.25, 0.3) is 0 Å². The third-order valence-corrected chi connectivity index (χ3v) is 3.23. The molecule has 0 saturated heterocycles. The van der Waals surface area contributed by atoms with Gasteiger partial charge < -0.3 is 5.32 Å². The van der Waals surface area contributed by atoms with E-state index in [1.807, 2.05) is 0 Å². The molecule has 0 heterocycles. The Morgan fingerprint density at radius 3 is 2.53 bits per heavy atom. The molecule has 1 aliphatic carbocycles. The van der Waals surface area contributed by atoms with Crippen LogP contribution in [-0.2, 0) is 12.8 Å². The Morgan fingerprint density at radius 1 is 1.20 bits per heavy atom. The lowest BCUT2D eigenvalue weighted by Gasteiger charge is -2.25. The summed E-state index contributed by atoms with van der Waals surface area (Å²) in [4.78, 5) is 0. The summed E-state index contributed by atoms with van der Waals surface area (Å²) in [6.45, 7) is 6.68. The van der Waals surface area contributed by atoms with Crippen LogP contribution in [0, 0.1) is 0 Å². The number of hydrogen-bond acceptors (Lipinski definition) is 1. The van der Waals surface area contributed by atoms with Crippen LogP contribution in [0.2, 0.25) is 0 Å². The predicted octanol–water partition coefficient (Wildman–Crippen LogP) is 3.30. The van der Waals surface area contributed by atoms with Gasteiger partial charge >= 0.3 is 0 Å². The third kappa shape index (κ3) is 2.82. The van der Waals surface area contributed by atoms with Crippen molar-refractivity contribution < 1.29 is 0 Å². The maximum atomic E-state index is 3.67. The standard InChI is InChI=1S/C13H18BrN/c1-13(2,3)15-12-7-9-4-5-11(14)6-10(9)8-12/h4-6,12,15H,7-8H2,1-3H3. The van der Waals surface area contributed by atoms with Gasteiger partial charge in [-0.25, -0.2) is 0 Å². The van der Waals surface area contributed by atoms with E-state index in [-0.39, 0.29) is 5.54 Å². The van der Waals surface area contributed by atoms with E-state index in [9.17, 15) is 0 Å². The first kappa shape index (κ1) is 11.2. The maximum absolute atomic E-state index is 3.67. The molecule has 0 radical (unpaired) electrons. The van der Waals surface area contributed by atoms with Gasteiger partial charge in [0.1, 0.15) is 0 Å². The Hall–Kier alpha value is -0.340. The van der Waals surface area contributed by atoms with Crippen LogP contribution >= 0.6 is 15.9 Å². The highest BCUT2D eigenvalue weighted by atomic mass is 79.9. The summed E-state index contributed by atoms with van der Waals surface area (Å²) in [5, 5.41) is 3.67. The average Bonchev–Trinajstić information content (AvgIpc) is 2.42. The number of hydrogen-bond donors (Lipinski definition) is 1. The minimum atomic E-state index is 0.212. The molecule has 0 fully saturated rings. The van der Waals surface area contributed by atoms with E-state index in [1.165, 1.54) is 22.0 Å². The lowest BCUT2D eigenvalue weighted by Crippen LogP contribution is -2.44. The molecule has 1 N–H and O–H groups in total. The van der Waals surface area contributed by atoms with Crippen molar-refractivity contribution >= 4 is 15.9 Å². The van der Waals surface area contributed by atoms with E-state index in [4.69, 9.17) is 0 Å². The highest BCUT2D eigenvalue weighted by molar-refractivity contribution is 9.10. The first-order valence-corrected chi connectivity index (χ1v) is 6.28. The molecule has 0 bridgehead atoms. The molecular weight excluding hydrogens is 250 g/mol. The van der Waals surface area contributed by atoms with Gasteiger partial charge in [-0.15, -0.1) is 0 Å². The van der Waals surface area contributed by atoms with Crippen LogP contribution in [0.5, 0.6) is 0 Å². The first-order valence-electron chi connectivity index (χ1n) is 5.49. The second kappa shape index (κ2) is 3.91. The predicted molar refractivity (Wildman–Crippen MR) is 68.2 cm³/mol. The fraction of sp³-hybridized carbons (Fsp3) is 0.538. The molecule has 2 heteroatoms. The maximum Gasteiger partial charge on any atom is 0.0178 e. The molecule has 1 aromatic carbocycles. The van der Waals surface area contributed by atoms with Crippen LogP contribution < -0.4 is 5.32 Å². The minimum absolute atomic E-state index is 0.212. The zero-order valence-electron chi connectivity index (χ0n) is 9.60. The average molecular weight is 268 g/mol. The van der Waals surface area contributed by atoms with Gasteiger partial charge in [0.2, 0.25) is 0 Å². The molecule has 1 aromatic rings. The summed E-state index contributed by atoms with van der Waals surface area (Å²) < 4.78 is 1.19. The lowest BCUT2D eigenvalue weighted by molar-refractivity contribution is 0.365. The molecule has 1 atom stereocenters. The van der Waals surface area contributed by atoms with Crippen LogP contribution in [0.4, 0.5) is 0 Å². The number of rotatable bonds is 1. The SMILES string of the molecule is CC(C)(C)NC1Cc2ccc(Br)cc2C1. The van der Waals surface area contributed by atoms with Gasteiger partial charge in [0.05, 0.1) is 0 Å². The van der Waals surface area contributed by atoms with Crippen molar-refractivity contribution in [3.05, 3.63) is 33.8 Å². The van der Waals surface area contributed by atoms with Gasteiger partial charge in [-0.05, 0) is 56.9 Å². The largest absolute Gasteiger partial charge is 0.309 e. The van der Waals surface area contributed by atoms with E-state index in [0.717, 1.165) is 6.42 Å². The van der Waals surface area contributed by atoms with Gasteiger partial charge in [0, 0.05) is 16.1 Å². The summed E-state index contributed by atoms with van der Waals surface area (Å²) in [5.74, 6) is 0. The van der Waals surface area contributed by atoms with Crippen LogP contribution in [0.25, 0.3) is 0 Å². The molecule has 0 saturated carbocycles. The summed E-state index contributed by atoms with van der Waals surface area (Å²) in [7, 11) is 0. The second-order valence-electron chi connectivity index (χ2n) is 5.41. The van der Waals surface area contributed by atoms with E-state index < -0.39 is 0 Å². The van der Waals surface area contributed by atoms with Gasteiger partial charge in [-0.3, -0.25) is 0 Å². The van der Waals surface area contributed by atoms with E-state index in [0.29, 0.717) is 6.04 Å². The Balaban J connectivity index is 2.09. The van der Waals surface area contributed by atoms with Crippen LogP contribution in [0.1, 0.15) is 31.9 Å². The minimum Gasteiger partial charge on any atom is -0.309 e. The molecule has 0 amide bonds. The van der Waals surface area contributed by atoms with Gasteiger partial charge in [-0.2, -0.15) is 0 Å². The normalized spacial score (nSPS) is 20.4. The molecule has 1 nitrogen and oxygen atoms in total. The monoisotopic (exact) mass is 267 g/mol. The summed E-state index contributed by atoms with van der Waals surface area (Å²) >= 11 is 3.53. The van der Waals surface area contributed by atoms with E-state index in [1.54, 1.807) is 0 Å². The molecule has 15 heavy (non-hydrogen) atoms. The van der Waals surface area contributed by atoms with E-state index >= 15 is 0 Å². The molecule has 0 aliphatic heterocycles. The van der Waals surface area contributed by atoms with Crippen molar-refractivity contribution in [1.29, 1.82) is 0 Å². The zero-order chi connectivity index (χ0) is 11.1. The summed E-state index contributed by atoms with van der Waals surface area (Å²) in [6, 6.07) is 7.23. The molecule has 1 aliphatic rings. The Bertz CT molecular complexity index is 365. The molecule has 1 unspecified atom stereocenters. The Labute approximate surface area is 100 Å². The van der Waals surface area contributed by atoms with Gasteiger partial charge in [0.15, 0.2) is 0 Å². The molecule has 0 spiro atoms. The number of benzene rings is 1. The Kier molecular flexibility index (Phi) is 2.91. The van der Waals surface area contributed by atoms with Crippen molar-refractivity contribution in [3.63, 3.8) is 0 Å². The third-order valence-electron chi connectivity index (χ3n) is 2.74. The lowest BCUT2D eigenvalue weighted by atomic mass is 10.1. The fourth-order valence-electron chi connectivity index (χ4n) is 2.30. The van der Waals surface area contributed by atoms with Crippen LogP contribution in [0.3, 0.4) is 0 Å². The number of halogens is 1. The second-order valence-corrected chi connectivity index (χ2v) is 6.33. The summed E-state index contributed by atoms with van der Waals surface area (Å²) in [6.07, 6.45) is 2.33. The van der Waals surface area contributed by atoms with Crippen LogP contribution in [-0.4, -0.2) is 11.6 Å². The molecule has 0 aromatic heterocycles. The molecular formula is C13H18BrN. The summed E-state index contributed by atoms with van der Waals surface area (Å²) in [5.41, 5.74) is 3.20. The van der Waals surface area contributed by atoms with Gasteiger partial charge in [-0.1, -0.05) is 22.0 Å². The van der Waals surface area contributed by atoms with Crippen molar-refractivity contribution in [1.82, 2.24) is 5.32 Å². The van der Waals surface area contributed by atoms with Crippen molar-refractivity contribution in [2.45, 2.75) is 45.2 Å². The van der Waals surface area contributed by atoms with Crippen molar-refractivity contribution in [2.75, 3.05) is 0 Å². The smallest absolute Gasteiger partial charge is 0.0178 e.